The fourth-order valence-electron chi connectivity index (χ4n) is 2.19. The van der Waals surface area contributed by atoms with E-state index in [9.17, 15) is 0 Å². The lowest BCUT2D eigenvalue weighted by Crippen LogP contribution is -2.17. The second-order valence-electron chi connectivity index (χ2n) is 5.19. The quantitative estimate of drug-likeness (QED) is 0.800. The molecule has 0 spiro atoms. The van der Waals surface area contributed by atoms with Crippen LogP contribution in [0.2, 0.25) is 0 Å². The van der Waals surface area contributed by atoms with Gasteiger partial charge in [-0.25, -0.2) is 0 Å². The van der Waals surface area contributed by atoms with Crippen molar-refractivity contribution >= 4 is 0 Å². The molecule has 0 amide bonds. The van der Waals surface area contributed by atoms with Crippen molar-refractivity contribution in [3.05, 3.63) is 18.0 Å². The number of hydrogen-bond acceptors (Lipinski definition) is 2. The molecule has 2 unspecified atom stereocenters. The van der Waals surface area contributed by atoms with Gasteiger partial charge in [0.2, 0.25) is 0 Å². The summed E-state index contributed by atoms with van der Waals surface area (Å²) in [4.78, 5) is 0. The Labute approximate surface area is 98.2 Å². The van der Waals surface area contributed by atoms with E-state index in [0.29, 0.717) is 6.04 Å². The van der Waals surface area contributed by atoms with E-state index in [1.165, 1.54) is 24.8 Å². The molecule has 3 heteroatoms. The van der Waals surface area contributed by atoms with Crippen molar-refractivity contribution in [2.75, 3.05) is 0 Å². The summed E-state index contributed by atoms with van der Waals surface area (Å²) in [6.45, 7) is 7.55. The van der Waals surface area contributed by atoms with Gasteiger partial charge in [-0.05, 0) is 32.6 Å². The van der Waals surface area contributed by atoms with E-state index in [1.54, 1.807) is 0 Å². The zero-order valence-electron chi connectivity index (χ0n) is 10.6. The highest BCUT2D eigenvalue weighted by molar-refractivity contribution is 5.05. The third-order valence-corrected chi connectivity index (χ3v) is 3.33. The topological polar surface area (TPSA) is 29.9 Å². The Balaban J connectivity index is 1.74. The van der Waals surface area contributed by atoms with Crippen LogP contribution in [0.5, 0.6) is 0 Å². The van der Waals surface area contributed by atoms with Crippen LogP contribution in [0.3, 0.4) is 0 Å². The van der Waals surface area contributed by atoms with Crippen molar-refractivity contribution in [1.82, 2.24) is 15.1 Å². The lowest BCUT2D eigenvalue weighted by atomic mass is 10.2. The Hall–Kier alpha value is -0.830. The normalized spacial score (nSPS) is 24.0. The Morgan fingerprint density at radius 2 is 2.38 bits per heavy atom. The predicted octanol–water partition coefficient (Wildman–Crippen LogP) is 2.74. The molecule has 1 aliphatic carbocycles. The Bertz CT molecular complexity index is 330. The first-order valence-corrected chi connectivity index (χ1v) is 6.47. The molecular weight excluding hydrogens is 198 g/mol. The predicted molar refractivity (Wildman–Crippen MR) is 66.3 cm³/mol. The van der Waals surface area contributed by atoms with Gasteiger partial charge in [0.1, 0.15) is 0 Å². The van der Waals surface area contributed by atoms with Crippen LogP contribution >= 0.6 is 0 Å². The van der Waals surface area contributed by atoms with E-state index in [4.69, 9.17) is 0 Å². The third-order valence-electron chi connectivity index (χ3n) is 3.33. The van der Waals surface area contributed by atoms with E-state index in [2.05, 4.69) is 37.4 Å². The van der Waals surface area contributed by atoms with Crippen LogP contribution in [0.15, 0.2) is 12.4 Å². The zero-order chi connectivity index (χ0) is 11.5. The number of hydrogen-bond donors (Lipinski definition) is 1. The first-order chi connectivity index (χ1) is 7.70. The number of nitrogens with one attached hydrogen (secondary N) is 1. The second-order valence-corrected chi connectivity index (χ2v) is 5.19. The molecule has 90 valence electrons. The third kappa shape index (κ3) is 2.85. The minimum Gasteiger partial charge on any atom is -0.310 e. The molecule has 1 heterocycles. The fourth-order valence-corrected chi connectivity index (χ4v) is 2.19. The van der Waals surface area contributed by atoms with Gasteiger partial charge in [-0.2, -0.15) is 5.10 Å². The molecule has 3 nitrogen and oxygen atoms in total. The van der Waals surface area contributed by atoms with Gasteiger partial charge in [0.15, 0.2) is 0 Å². The molecule has 0 bridgehead atoms. The van der Waals surface area contributed by atoms with Crippen LogP contribution < -0.4 is 5.32 Å². The average molecular weight is 221 g/mol. The second kappa shape index (κ2) is 5.00. The lowest BCUT2D eigenvalue weighted by Gasteiger charge is -2.04. The van der Waals surface area contributed by atoms with E-state index in [0.717, 1.165) is 18.5 Å². The van der Waals surface area contributed by atoms with Crippen LogP contribution in [-0.4, -0.2) is 15.8 Å². The van der Waals surface area contributed by atoms with Gasteiger partial charge < -0.3 is 5.32 Å². The summed E-state index contributed by atoms with van der Waals surface area (Å²) >= 11 is 0. The summed E-state index contributed by atoms with van der Waals surface area (Å²) in [5.41, 5.74) is 1.30. The molecule has 2 atom stereocenters. The Morgan fingerprint density at radius 1 is 1.56 bits per heavy atom. The van der Waals surface area contributed by atoms with Crippen molar-refractivity contribution in [2.45, 2.75) is 58.7 Å². The first-order valence-electron chi connectivity index (χ1n) is 6.47. The highest BCUT2D eigenvalue weighted by Crippen LogP contribution is 2.34. The lowest BCUT2D eigenvalue weighted by molar-refractivity contribution is 0.531. The van der Waals surface area contributed by atoms with Gasteiger partial charge in [0.05, 0.1) is 6.20 Å². The van der Waals surface area contributed by atoms with Gasteiger partial charge in [0, 0.05) is 30.4 Å². The SMILES string of the molecule is CCCC1CC1NCc1cnn(C(C)C)c1. The molecule has 0 radical (unpaired) electrons. The van der Waals surface area contributed by atoms with Crippen molar-refractivity contribution in [1.29, 1.82) is 0 Å². The summed E-state index contributed by atoms with van der Waals surface area (Å²) < 4.78 is 2.02. The molecule has 2 rings (SSSR count). The summed E-state index contributed by atoms with van der Waals surface area (Å²) in [7, 11) is 0. The van der Waals surface area contributed by atoms with Gasteiger partial charge in [-0.15, -0.1) is 0 Å². The highest BCUT2D eigenvalue weighted by atomic mass is 15.3. The van der Waals surface area contributed by atoms with E-state index >= 15 is 0 Å². The van der Waals surface area contributed by atoms with Crippen molar-refractivity contribution in [3.8, 4) is 0 Å². The Kier molecular flexibility index (Phi) is 3.64. The largest absolute Gasteiger partial charge is 0.310 e. The smallest absolute Gasteiger partial charge is 0.0534 e. The Morgan fingerprint density at radius 3 is 3.00 bits per heavy atom. The van der Waals surface area contributed by atoms with E-state index in [-0.39, 0.29) is 0 Å². The van der Waals surface area contributed by atoms with Crippen molar-refractivity contribution in [3.63, 3.8) is 0 Å². The monoisotopic (exact) mass is 221 g/mol. The highest BCUT2D eigenvalue weighted by Gasteiger charge is 2.35. The van der Waals surface area contributed by atoms with Crippen LogP contribution in [0.25, 0.3) is 0 Å². The zero-order valence-corrected chi connectivity index (χ0v) is 10.6. The van der Waals surface area contributed by atoms with E-state index in [1.807, 2.05) is 10.9 Å². The summed E-state index contributed by atoms with van der Waals surface area (Å²) in [6.07, 6.45) is 8.18. The van der Waals surface area contributed by atoms with Gasteiger partial charge in [0.25, 0.3) is 0 Å². The molecule has 1 aromatic heterocycles. The molecule has 1 saturated carbocycles. The van der Waals surface area contributed by atoms with Gasteiger partial charge in [-0.3, -0.25) is 4.68 Å². The minimum absolute atomic E-state index is 0.461. The molecule has 1 fully saturated rings. The number of aromatic nitrogens is 2. The average Bonchev–Trinajstić information content (AvgIpc) is 2.80. The first kappa shape index (κ1) is 11.6. The summed E-state index contributed by atoms with van der Waals surface area (Å²) in [6, 6.07) is 1.23. The molecule has 0 aliphatic heterocycles. The van der Waals surface area contributed by atoms with Gasteiger partial charge in [-0.1, -0.05) is 13.3 Å². The molecule has 1 aromatic rings. The van der Waals surface area contributed by atoms with Crippen molar-refractivity contribution in [2.24, 2.45) is 5.92 Å². The standard InChI is InChI=1S/C13H23N3/c1-4-5-12-6-13(12)14-7-11-8-15-16(9-11)10(2)3/h8-10,12-14H,4-7H2,1-3H3. The molecule has 1 aliphatic rings. The molecule has 0 aromatic carbocycles. The van der Waals surface area contributed by atoms with Crippen LogP contribution in [0.4, 0.5) is 0 Å². The summed E-state index contributed by atoms with van der Waals surface area (Å²) in [5.74, 6) is 0.935. The molecule has 0 saturated heterocycles. The maximum absolute atomic E-state index is 4.35. The maximum atomic E-state index is 4.35. The fraction of sp³-hybridized carbons (Fsp3) is 0.769. The van der Waals surface area contributed by atoms with Crippen LogP contribution in [0.1, 0.15) is 51.6 Å². The molecule has 16 heavy (non-hydrogen) atoms. The number of rotatable bonds is 6. The number of nitrogens with zero attached hydrogens (tertiary/aromatic N) is 2. The van der Waals surface area contributed by atoms with Crippen LogP contribution in [0, 0.1) is 5.92 Å². The van der Waals surface area contributed by atoms with E-state index < -0.39 is 0 Å². The van der Waals surface area contributed by atoms with Crippen LogP contribution in [-0.2, 0) is 6.54 Å². The van der Waals surface area contributed by atoms with Gasteiger partial charge >= 0.3 is 0 Å². The molecule has 1 N–H and O–H groups in total. The maximum Gasteiger partial charge on any atom is 0.0534 e. The van der Waals surface area contributed by atoms with Crippen molar-refractivity contribution < 1.29 is 0 Å². The minimum atomic E-state index is 0.461. The molecular formula is C13H23N3. The summed E-state index contributed by atoms with van der Waals surface area (Å²) in [5, 5.41) is 7.95.